The maximum absolute atomic E-state index is 4.60. The lowest BCUT2D eigenvalue weighted by Gasteiger charge is -2.24. The van der Waals surface area contributed by atoms with Crippen molar-refractivity contribution >= 4 is 11.6 Å². The molecule has 1 unspecified atom stereocenters. The van der Waals surface area contributed by atoms with Crippen LogP contribution in [-0.4, -0.2) is 55.6 Å². The normalized spacial score (nSPS) is 19.7. The van der Waals surface area contributed by atoms with E-state index in [4.69, 9.17) is 0 Å². The van der Waals surface area contributed by atoms with Gasteiger partial charge in [0.2, 0.25) is 0 Å². The molecule has 0 saturated carbocycles. The predicted octanol–water partition coefficient (Wildman–Crippen LogP) is 1.52. The van der Waals surface area contributed by atoms with Gasteiger partial charge in [0, 0.05) is 32.7 Å². The fourth-order valence-corrected chi connectivity index (χ4v) is 2.88. The van der Waals surface area contributed by atoms with Gasteiger partial charge in [-0.3, -0.25) is 0 Å². The molecule has 19 heavy (non-hydrogen) atoms. The van der Waals surface area contributed by atoms with Crippen molar-refractivity contribution in [1.29, 1.82) is 0 Å². The van der Waals surface area contributed by atoms with E-state index in [1.165, 1.54) is 19.5 Å². The van der Waals surface area contributed by atoms with Crippen molar-refractivity contribution in [3.8, 4) is 0 Å². The molecule has 1 aliphatic rings. The van der Waals surface area contributed by atoms with Crippen molar-refractivity contribution in [3.63, 3.8) is 0 Å². The molecule has 1 saturated heterocycles. The maximum atomic E-state index is 4.60. The highest BCUT2D eigenvalue weighted by Gasteiger charge is 2.22. The molecule has 0 bridgehead atoms. The first kappa shape index (κ1) is 14.1. The van der Waals surface area contributed by atoms with E-state index < -0.39 is 0 Å². The number of aryl methyl sites for hydroxylation is 1. The number of hydrogen-bond acceptors (Lipinski definition) is 5. The first-order chi connectivity index (χ1) is 9.01. The van der Waals surface area contributed by atoms with Crippen molar-refractivity contribution < 1.29 is 0 Å². The lowest BCUT2D eigenvalue weighted by molar-refractivity contribution is 0.395. The minimum absolute atomic E-state index is 0.739. The highest BCUT2D eigenvalue weighted by Crippen LogP contribution is 2.24. The van der Waals surface area contributed by atoms with Crippen LogP contribution in [-0.2, 0) is 0 Å². The largest absolute Gasteiger partial charge is 0.373 e. The van der Waals surface area contributed by atoms with E-state index >= 15 is 0 Å². The zero-order valence-electron chi connectivity index (χ0n) is 12.7. The molecule has 1 aromatic heterocycles. The smallest absolute Gasteiger partial charge is 0.137 e. The summed E-state index contributed by atoms with van der Waals surface area (Å²) >= 11 is 0. The molecule has 0 aromatic carbocycles. The van der Waals surface area contributed by atoms with Gasteiger partial charge in [-0.2, -0.15) is 0 Å². The molecule has 0 radical (unpaired) electrons. The Balaban J connectivity index is 2.14. The molecule has 0 amide bonds. The van der Waals surface area contributed by atoms with Gasteiger partial charge >= 0.3 is 0 Å². The predicted molar refractivity (Wildman–Crippen MR) is 79.9 cm³/mol. The van der Waals surface area contributed by atoms with Crippen LogP contribution < -0.4 is 10.2 Å². The standard InChI is InChI=1S/C14H25N5/c1-10-13(15-3)16-11(2)17-14(10)19(5)9-12-6-7-18(4)8-12/h12H,6-9H2,1-5H3,(H,15,16,17). The lowest BCUT2D eigenvalue weighted by Crippen LogP contribution is -2.29. The maximum Gasteiger partial charge on any atom is 0.137 e. The summed E-state index contributed by atoms with van der Waals surface area (Å²) in [6.07, 6.45) is 1.28. The van der Waals surface area contributed by atoms with Gasteiger partial charge in [0.05, 0.1) is 0 Å². The van der Waals surface area contributed by atoms with Crippen LogP contribution in [0.5, 0.6) is 0 Å². The summed E-state index contributed by atoms with van der Waals surface area (Å²) in [5.74, 6) is 3.53. The molecule has 1 aromatic rings. The van der Waals surface area contributed by atoms with Crippen molar-refractivity contribution in [2.75, 3.05) is 51.0 Å². The fourth-order valence-electron chi connectivity index (χ4n) is 2.88. The first-order valence-electron chi connectivity index (χ1n) is 6.94. The van der Waals surface area contributed by atoms with E-state index in [0.717, 1.165) is 35.5 Å². The molecule has 5 heteroatoms. The molecule has 1 atom stereocenters. The van der Waals surface area contributed by atoms with E-state index in [1.54, 1.807) is 0 Å². The zero-order chi connectivity index (χ0) is 14.0. The van der Waals surface area contributed by atoms with Gasteiger partial charge in [-0.05, 0) is 39.8 Å². The number of nitrogens with one attached hydrogen (secondary N) is 1. The minimum atomic E-state index is 0.739. The van der Waals surface area contributed by atoms with Crippen molar-refractivity contribution in [3.05, 3.63) is 11.4 Å². The molecule has 2 rings (SSSR count). The molecule has 1 aliphatic heterocycles. The Labute approximate surface area is 116 Å². The van der Waals surface area contributed by atoms with Gasteiger partial charge in [-0.25, -0.2) is 9.97 Å². The molecule has 106 valence electrons. The van der Waals surface area contributed by atoms with E-state index in [-0.39, 0.29) is 0 Å². The fraction of sp³-hybridized carbons (Fsp3) is 0.714. The van der Waals surface area contributed by atoms with Gasteiger partial charge in [0.25, 0.3) is 0 Å². The Morgan fingerprint density at radius 2 is 2.11 bits per heavy atom. The number of anilines is 2. The van der Waals surface area contributed by atoms with Crippen LogP contribution in [0.25, 0.3) is 0 Å². The second kappa shape index (κ2) is 5.74. The Morgan fingerprint density at radius 3 is 2.68 bits per heavy atom. The van der Waals surface area contributed by atoms with Crippen molar-refractivity contribution in [2.24, 2.45) is 5.92 Å². The first-order valence-corrected chi connectivity index (χ1v) is 6.94. The molecular weight excluding hydrogens is 238 g/mol. The van der Waals surface area contributed by atoms with Gasteiger partial charge in [0.1, 0.15) is 17.5 Å². The van der Waals surface area contributed by atoms with E-state index in [2.05, 4.69) is 46.1 Å². The van der Waals surface area contributed by atoms with E-state index in [9.17, 15) is 0 Å². The molecule has 0 spiro atoms. The monoisotopic (exact) mass is 263 g/mol. The summed E-state index contributed by atoms with van der Waals surface area (Å²) in [6.45, 7) is 7.48. The number of nitrogens with zero attached hydrogens (tertiary/aromatic N) is 4. The number of hydrogen-bond donors (Lipinski definition) is 1. The van der Waals surface area contributed by atoms with Crippen molar-refractivity contribution in [1.82, 2.24) is 14.9 Å². The topological polar surface area (TPSA) is 44.3 Å². The molecule has 1 fully saturated rings. The minimum Gasteiger partial charge on any atom is -0.373 e. The van der Waals surface area contributed by atoms with E-state index in [0.29, 0.717) is 0 Å². The Morgan fingerprint density at radius 1 is 1.37 bits per heavy atom. The third-order valence-corrected chi connectivity index (χ3v) is 3.85. The molecule has 5 nitrogen and oxygen atoms in total. The van der Waals surface area contributed by atoms with Crippen LogP contribution in [0, 0.1) is 19.8 Å². The van der Waals surface area contributed by atoms with Crippen molar-refractivity contribution in [2.45, 2.75) is 20.3 Å². The Hall–Kier alpha value is -1.36. The van der Waals surface area contributed by atoms with Crippen LogP contribution in [0.1, 0.15) is 17.8 Å². The molecule has 0 aliphatic carbocycles. The third-order valence-electron chi connectivity index (χ3n) is 3.85. The average Bonchev–Trinajstić information content (AvgIpc) is 2.77. The molecule has 2 heterocycles. The third kappa shape index (κ3) is 3.15. The quantitative estimate of drug-likeness (QED) is 0.892. The number of rotatable bonds is 4. The Kier molecular flexibility index (Phi) is 4.24. The van der Waals surface area contributed by atoms with Gasteiger partial charge in [0.15, 0.2) is 0 Å². The van der Waals surface area contributed by atoms with Gasteiger partial charge in [-0.15, -0.1) is 0 Å². The summed E-state index contributed by atoms with van der Waals surface area (Å²) < 4.78 is 0. The highest BCUT2D eigenvalue weighted by atomic mass is 15.2. The van der Waals surface area contributed by atoms with Gasteiger partial charge in [-0.1, -0.05) is 0 Å². The SMILES string of the molecule is CNc1nc(C)nc(N(C)CC2CCN(C)C2)c1C. The molecule has 1 N–H and O–H groups in total. The lowest BCUT2D eigenvalue weighted by atomic mass is 10.1. The number of likely N-dealkylation sites (tertiary alicyclic amines) is 1. The average molecular weight is 263 g/mol. The summed E-state index contributed by atoms with van der Waals surface area (Å²) in [7, 11) is 6.23. The summed E-state index contributed by atoms with van der Waals surface area (Å²) in [4.78, 5) is 13.7. The number of aromatic nitrogens is 2. The highest BCUT2D eigenvalue weighted by molar-refractivity contribution is 5.58. The van der Waals surface area contributed by atoms with Crippen LogP contribution in [0.3, 0.4) is 0 Å². The second-order valence-electron chi connectivity index (χ2n) is 5.62. The van der Waals surface area contributed by atoms with Gasteiger partial charge < -0.3 is 15.1 Å². The van der Waals surface area contributed by atoms with Crippen LogP contribution >= 0.6 is 0 Å². The summed E-state index contributed by atoms with van der Waals surface area (Å²) in [6, 6.07) is 0. The molecular formula is C14H25N5. The second-order valence-corrected chi connectivity index (χ2v) is 5.62. The summed E-state index contributed by atoms with van der Waals surface area (Å²) in [5.41, 5.74) is 1.13. The zero-order valence-corrected chi connectivity index (χ0v) is 12.7. The Bertz CT molecular complexity index is 446. The van der Waals surface area contributed by atoms with E-state index in [1.807, 2.05) is 14.0 Å². The van der Waals surface area contributed by atoms with Crippen LogP contribution in [0.4, 0.5) is 11.6 Å². The van der Waals surface area contributed by atoms with Crippen LogP contribution in [0.2, 0.25) is 0 Å². The van der Waals surface area contributed by atoms with Crippen LogP contribution in [0.15, 0.2) is 0 Å². The summed E-state index contributed by atoms with van der Waals surface area (Å²) in [5, 5.41) is 3.15.